The largest absolute Gasteiger partial charge is 0.385 e. The van der Waals surface area contributed by atoms with Crippen molar-refractivity contribution in [2.75, 3.05) is 19.5 Å². The third-order valence-corrected chi connectivity index (χ3v) is 3.14. The van der Waals surface area contributed by atoms with Crippen molar-refractivity contribution in [3.05, 3.63) is 0 Å². The molecule has 0 fully saturated rings. The fourth-order valence-corrected chi connectivity index (χ4v) is 1.73. The monoisotopic (exact) mass is 178 g/mol. The van der Waals surface area contributed by atoms with Gasteiger partial charge in [-0.2, -0.15) is 12.6 Å². The molecule has 0 radical (unpaired) electrons. The summed E-state index contributed by atoms with van der Waals surface area (Å²) in [4.78, 5) is 0. The average Bonchev–Trinajstić information content (AvgIpc) is 1.97. The Morgan fingerprint density at radius 1 is 1.50 bits per heavy atom. The van der Waals surface area contributed by atoms with Crippen LogP contribution in [0.1, 0.15) is 19.3 Å². The molecule has 0 rings (SSSR count). The van der Waals surface area contributed by atoms with Crippen LogP contribution in [-0.2, 0) is 4.74 Å². The van der Waals surface area contributed by atoms with Crippen LogP contribution < -0.4 is 0 Å². The van der Waals surface area contributed by atoms with Crippen molar-refractivity contribution in [3.8, 4) is 0 Å². The fraction of sp³-hybridized carbons (Fsp3) is 1.00. The number of methoxy groups -OCH3 is 1. The van der Waals surface area contributed by atoms with E-state index in [1.165, 1.54) is 29.5 Å². The zero-order valence-corrected chi connectivity index (χ0v) is 9.86. The second kappa shape index (κ2) is 7.63. The molecule has 0 aromatic rings. The molecule has 0 aliphatic heterocycles. The van der Waals surface area contributed by atoms with E-state index in [2.05, 4.69) is 12.6 Å². The maximum absolute atomic E-state index is 5.00. The Balaban J connectivity index is 3.00. The number of ether oxygens (including phenoxy) is 1. The van der Waals surface area contributed by atoms with Crippen LogP contribution in [0.4, 0.5) is 0 Å². The van der Waals surface area contributed by atoms with Crippen LogP contribution in [-0.4, -0.2) is 29.7 Å². The molecule has 0 spiro atoms. The van der Waals surface area contributed by atoms with Gasteiger partial charge in [0.25, 0.3) is 0 Å². The summed E-state index contributed by atoms with van der Waals surface area (Å²) in [6.07, 6.45) is 3.86. The third kappa shape index (κ3) is 6.64. The Bertz CT molecular complexity index is 62.6. The minimum absolute atomic E-state index is 0.931. The summed E-state index contributed by atoms with van der Waals surface area (Å²) in [5, 5.41) is 0. The highest BCUT2D eigenvalue weighted by Gasteiger charge is 1.99. The Morgan fingerprint density at radius 3 is 2.70 bits per heavy atom. The van der Waals surface area contributed by atoms with Gasteiger partial charge in [-0.3, -0.25) is 0 Å². The van der Waals surface area contributed by atoms with E-state index in [1.54, 1.807) is 7.11 Å². The summed E-state index contributed by atoms with van der Waals surface area (Å²) in [6.45, 7) is 0.931. The second-order valence-corrected chi connectivity index (χ2v) is 4.83. The van der Waals surface area contributed by atoms with E-state index in [-0.39, 0.29) is 0 Å². The molecule has 0 bridgehead atoms. The predicted octanol–water partition coefficient (Wildman–Crippen LogP) is 0.887. The van der Waals surface area contributed by atoms with Crippen LogP contribution in [0.3, 0.4) is 0 Å². The summed E-state index contributed by atoms with van der Waals surface area (Å²) in [6, 6.07) is 0. The van der Waals surface area contributed by atoms with Crippen LogP contribution in [0.5, 0.6) is 0 Å². The lowest BCUT2D eigenvalue weighted by molar-refractivity contribution is 0.192. The molecule has 0 saturated heterocycles. The van der Waals surface area contributed by atoms with E-state index in [1.807, 2.05) is 0 Å². The molecule has 0 saturated carbocycles. The Labute approximate surface area is 72.4 Å². The van der Waals surface area contributed by atoms with Crippen LogP contribution in [0.25, 0.3) is 0 Å². The highest BCUT2D eigenvalue weighted by atomic mass is 32.1. The van der Waals surface area contributed by atoms with Crippen molar-refractivity contribution >= 4 is 22.9 Å². The number of rotatable bonds is 6. The summed E-state index contributed by atoms with van der Waals surface area (Å²) in [5.74, 6) is 1.03. The highest BCUT2D eigenvalue weighted by molar-refractivity contribution is 7.80. The molecule has 0 aromatic carbocycles. The van der Waals surface area contributed by atoms with Crippen LogP contribution in [0.15, 0.2) is 0 Å². The van der Waals surface area contributed by atoms with Gasteiger partial charge in [0.05, 0.1) is 0 Å². The Kier molecular flexibility index (Phi) is 8.03. The van der Waals surface area contributed by atoms with Crippen LogP contribution >= 0.6 is 12.6 Å². The van der Waals surface area contributed by atoms with Crippen LogP contribution in [0, 0.1) is 0 Å². The summed E-state index contributed by atoms with van der Waals surface area (Å²) in [5.41, 5.74) is 0.937. The van der Waals surface area contributed by atoms with E-state index in [4.69, 9.17) is 4.74 Å². The van der Waals surface area contributed by atoms with E-state index in [0.29, 0.717) is 0 Å². The van der Waals surface area contributed by atoms with Gasteiger partial charge in [-0.25, -0.2) is 0 Å². The van der Waals surface area contributed by atoms with Gasteiger partial charge in [0.15, 0.2) is 0 Å². The fourth-order valence-electron chi connectivity index (χ4n) is 0.903. The van der Waals surface area contributed by atoms with Gasteiger partial charge in [0, 0.05) is 24.0 Å². The first-order chi connectivity index (χ1) is 4.81. The van der Waals surface area contributed by atoms with Crippen molar-refractivity contribution in [2.45, 2.75) is 24.8 Å². The molecule has 0 amide bonds. The Hall–Kier alpha value is 0.527. The normalized spacial score (nSPS) is 13.8. The lowest BCUT2D eigenvalue weighted by atomic mass is 10.2. The first kappa shape index (κ1) is 10.5. The van der Waals surface area contributed by atoms with Crippen molar-refractivity contribution in [2.24, 2.45) is 0 Å². The molecule has 1 unspecified atom stereocenters. The van der Waals surface area contributed by atoms with Gasteiger partial charge in [-0.15, -0.1) is 0 Å². The Morgan fingerprint density at radius 2 is 2.20 bits per heavy atom. The van der Waals surface area contributed by atoms with Gasteiger partial charge in [-0.05, 0) is 18.6 Å². The SMILES string of the molecule is COCCC([SiH3])CCCS. The average molecular weight is 178 g/mol. The maximum Gasteiger partial charge on any atom is 0.0461 e. The van der Waals surface area contributed by atoms with Crippen molar-refractivity contribution in [3.63, 3.8) is 0 Å². The van der Waals surface area contributed by atoms with Gasteiger partial charge < -0.3 is 4.74 Å². The zero-order valence-electron chi connectivity index (χ0n) is 6.97. The first-order valence-electron chi connectivity index (χ1n) is 3.91. The molecule has 62 valence electrons. The molecule has 0 aromatic heterocycles. The van der Waals surface area contributed by atoms with E-state index >= 15 is 0 Å². The first-order valence-corrected chi connectivity index (χ1v) is 5.69. The minimum atomic E-state index is 0.931. The van der Waals surface area contributed by atoms with Gasteiger partial charge >= 0.3 is 0 Å². The molecule has 0 aliphatic carbocycles. The van der Waals surface area contributed by atoms with E-state index in [0.717, 1.165) is 17.9 Å². The van der Waals surface area contributed by atoms with Crippen molar-refractivity contribution in [1.82, 2.24) is 0 Å². The molecule has 0 aliphatic rings. The van der Waals surface area contributed by atoms with Gasteiger partial charge in [0.1, 0.15) is 0 Å². The lowest BCUT2D eigenvalue weighted by Crippen LogP contribution is -1.98. The zero-order chi connectivity index (χ0) is 7.82. The number of thiol groups is 1. The van der Waals surface area contributed by atoms with Gasteiger partial charge in [-0.1, -0.05) is 12.0 Å². The smallest absolute Gasteiger partial charge is 0.0461 e. The minimum Gasteiger partial charge on any atom is -0.385 e. The molecule has 0 heterocycles. The van der Waals surface area contributed by atoms with E-state index in [9.17, 15) is 0 Å². The molecule has 1 nitrogen and oxygen atoms in total. The number of hydrogen-bond acceptors (Lipinski definition) is 2. The molecule has 0 N–H and O–H groups in total. The molecule has 3 heteroatoms. The predicted molar refractivity (Wildman–Crippen MR) is 53.3 cm³/mol. The highest BCUT2D eigenvalue weighted by Crippen LogP contribution is 2.13. The topological polar surface area (TPSA) is 9.23 Å². The molecule has 10 heavy (non-hydrogen) atoms. The van der Waals surface area contributed by atoms with Crippen LogP contribution in [0.2, 0.25) is 5.54 Å². The van der Waals surface area contributed by atoms with Crippen molar-refractivity contribution < 1.29 is 4.74 Å². The quantitative estimate of drug-likeness (QED) is 0.469. The number of hydrogen-bond donors (Lipinski definition) is 1. The van der Waals surface area contributed by atoms with E-state index < -0.39 is 0 Å². The molecule has 1 atom stereocenters. The summed E-state index contributed by atoms with van der Waals surface area (Å²) >= 11 is 4.17. The second-order valence-electron chi connectivity index (χ2n) is 2.75. The van der Waals surface area contributed by atoms with Gasteiger partial charge in [0.2, 0.25) is 0 Å². The maximum atomic E-state index is 5.00. The standard InChI is InChI=1S/C7H18OSSi/c1-8-5-4-7(10)3-2-6-9/h7,9H,2-6H2,1,10H3. The molecular weight excluding hydrogens is 160 g/mol. The summed E-state index contributed by atoms with van der Waals surface area (Å²) < 4.78 is 5.00. The summed E-state index contributed by atoms with van der Waals surface area (Å²) in [7, 11) is 3.07. The third-order valence-electron chi connectivity index (χ3n) is 1.67. The lowest BCUT2D eigenvalue weighted by Gasteiger charge is -2.08. The molecular formula is C7H18OSSi. The van der Waals surface area contributed by atoms with Crippen molar-refractivity contribution in [1.29, 1.82) is 0 Å².